The summed E-state index contributed by atoms with van der Waals surface area (Å²) >= 11 is 1.52. The lowest BCUT2D eigenvalue weighted by Gasteiger charge is -2.11. The van der Waals surface area contributed by atoms with E-state index >= 15 is 0 Å². The Kier molecular flexibility index (Phi) is 4.64. The Morgan fingerprint density at radius 1 is 1.58 bits per heavy atom. The third-order valence-electron chi connectivity index (χ3n) is 2.57. The van der Waals surface area contributed by atoms with E-state index in [2.05, 4.69) is 15.5 Å². The van der Waals surface area contributed by atoms with Crippen LogP contribution in [0.3, 0.4) is 0 Å². The number of carboxylic acid groups (broad SMARTS) is 1. The molecule has 1 unspecified atom stereocenters. The first-order valence-corrected chi connectivity index (χ1v) is 6.91. The molecule has 0 amide bonds. The maximum absolute atomic E-state index is 11.0. The van der Waals surface area contributed by atoms with Gasteiger partial charge >= 0.3 is 5.97 Å². The molecule has 2 aromatic rings. The smallest absolute Gasteiger partial charge is 0.320 e. The van der Waals surface area contributed by atoms with Crippen LogP contribution in [-0.2, 0) is 11.3 Å². The van der Waals surface area contributed by atoms with Crippen molar-refractivity contribution in [1.82, 2.24) is 15.5 Å². The van der Waals surface area contributed by atoms with Gasteiger partial charge in [-0.15, -0.1) is 21.5 Å². The van der Waals surface area contributed by atoms with Crippen molar-refractivity contribution < 1.29 is 14.3 Å². The van der Waals surface area contributed by atoms with Crippen LogP contribution in [0.25, 0.3) is 10.8 Å². The van der Waals surface area contributed by atoms with Gasteiger partial charge in [-0.05, 0) is 17.9 Å². The van der Waals surface area contributed by atoms with Crippen molar-refractivity contribution in [2.45, 2.75) is 32.4 Å². The lowest BCUT2D eigenvalue weighted by atomic mass is 10.2. The SMILES string of the molecule is CCCC(NCc1nnc(-c2cccs2)o1)C(=O)O. The van der Waals surface area contributed by atoms with Gasteiger partial charge < -0.3 is 9.52 Å². The number of nitrogens with zero attached hydrogens (tertiary/aromatic N) is 2. The average molecular weight is 281 g/mol. The van der Waals surface area contributed by atoms with E-state index in [-0.39, 0.29) is 6.54 Å². The summed E-state index contributed by atoms with van der Waals surface area (Å²) in [7, 11) is 0. The van der Waals surface area contributed by atoms with Crippen molar-refractivity contribution in [1.29, 1.82) is 0 Å². The maximum atomic E-state index is 11.0. The Labute approximate surface area is 114 Å². The molecular formula is C12H15N3O3S. The zero-order chi connectivity index (χ0) is 13.7. The first-order chi connectivity index (χ1) is 9.20. The quantitative estimate of drug-likeness (QED) is 0.808. The van der Waals surface area contributed by atoms with Gasteiger partial charge in [-0.3, -0.25) is 10.1 Å². The van der Waals surface area contributed by atoms with Crippen LogP contribution in [-0.4, -0.2) is 27.3 Å². The number of rotatable bonds is 7. The van der Waals surface area contributed by atoms with Crippen molar-refractivity contribution in [2.75, 3.05) is 0 Å². The molecule has 6 nitrogen and oxygen atoms in total. The van der Waals surface area contributed by atoms with Crippen LogP contribution < -0.4 is 5.32 Å². The zero-order valence-corrected chi connectivity index (χ0v) is 11.3. The number of carbonyl (C=O) groups is 1. The number of hydrogen-bond acceptors (Lipinski definition) is 6. The molecular weight excluding hydrogens is 266 g/mol. The van der Waals surface area contributed by atoms with Gasteiger partial charge in [0.05, 0.1) is 11.4 Å². The fourth-order valence-electron chi connectivity index (χ4n) is 1.64. The van der Waals surface area contributed by atoms with Gasteiger partial charge in [0.25, 0.3) is 5.89 Å². The normalized spacial score (nSPS) is 12.5. The van der Waals surface area contributed by atoms with E-state index in [0.29, 0.717) is 18.2 Å². The van der Waals surface area contributed by atoms with Crippen molar-refractivity contribution in [3.8, 4) is 10.8 Å². The standard InChI is InChI=1S/C12H15N3O3S/c1-2-4-8(12(16)17)13-7-10-14-15-11(18-10)9-5-3-6-19-9/h3,5-6,8,13H,2,4,7H2,1H3,(H,16,17). The molecule has 0 aliphatic rings. The largest absolute Gasteiger partial charge is 0.480 e. The molecule has 2 heterocycles. The van der Waals surface area contributed by atoms with E-state index in [1.807, 2.05) is 24.4 Å². The number of carboxylic acids is 1. The van der Waals surface area contributed by atoms with Crippen LogP contribution in [0.5, 0.6) is 0 Å². The molecule has 19 heavy (non-hydrogen) atoms. The fourth-order valence-corrected chi connectivity index (χ4v) is 2.28. The van der Waals surface area contributed by atoms with E-state index in [1.54, 1.807) is 0 Å². The highest BCUT2D eigenvalue weighted by Gasteiger charge is 2.17. The average Bonchev–Trinajstić information content (AvgIpc) is 3.04. The maximum Gasteiger partial charge on any atom is 0.320 e. The summed E-state index contributed by atoms with van der Waals surface area (Å²) < 4.78 is 5.47. The highest BCUT2D eigenvalue weighted by molar-refractivity contribution is 7.13. The number of hydrogen-bond donors (Lipinski definition) is 2. The summed E-state index contributed by atoms with van der Waals surface area (Å²) in [5.41, 5.74) is 0. The van der Waals surface area contributed by atoms with Gasteiger partial charge in [-0.1, -0.05) is 19.4 Å². The lowest BCUT2D eigenvalue weighted by Crippen LogP contribution is -2.36. The summed E-state index contributed by atoms with van der Waals surface area (Å²) in [6.07, 6.45) is 1.37. The third-order valence-corrected chi connectivity index (χ3v) is 3.43. The van der Waals surface area contributed by atoms with Gasteiger partial charge in [-0.2, -0.15) is 0 Å². The summed E-state index contributed by atoms with van der Waals surface area (Å²) in [4.78, 5) is 11.9. The molecule has 0 aliphatic carbocycles. The predicted octanol–water partition coefficient (Wildman–Crippen LogP) is 2.14. The lowest BCUT2D eigenvalue weighted by molar-refractivity contribution is -0.139. The molecule has 102 valence electrons. The monoisotopic (exact) mass is 281 g/mol. The summed E-state index contributed by atoms with van der Waals surface area (Å²) in [5, 5.41) is 21.7. The minimum atomic E-state index is -0.861. The van der Waals surface area contributed by atoms with Crippen molar-refractivity contribution in [3.05, 3.63) is 23.4 Å². The first kappa shape index (κ1) is 13.7. The Hall–Kier alpha value is -1.73. The second-order valence-electron chi connectivity index (χ2n) is 4.04. The zero-order valence-electron chi connectivity index (χ0n) is 10.5. The van der Waals surface area contributed by atoms with Crippen LogP contribution in [0.4, 0.5) is 0 Å². The fraction of sp³-hybridized carbons (Fsp3) is 0.417. The Bertz CT molecular complexity index is 524. The van der Waals surface area contributed by atoms with E-state index in [4.69, 9.17) is 9.52 Å². The topological polar surface area (TPSA) is 88.3 Å². The number of nitrogens with one attached hydrogen (secondary N) is 1. The second-order valence-corrected chi connectivity index (χ2v) is 4.99. The molecule has 0 radical (unpaired) electrons. The number of thiophene rings is 1. The predicted molar refractivity (Wildman–Crippen MR) is 70.8 cm³/mol. The van der Waals surface area contributed by atoms with Crippen molar-refractivity contribution >= 4 is 17.3 Å². The second kappa shape index (κ2) is 6.44. The minimum absolute atomic E-state index is 0.259. The Morgan fingerprint density at radius 3 is 3.05 bits per heavy atom. The van der Waals surface area contributed by atoms with E-state index in [0.717, 1.165) is 11.3 Å². The molecule has 0 saturated heterocycles. The molecule has 1 atom stereocenters. The first-order valence-electron chi connectivity index (χ1n) is 6.03. The summed E-state index contributed by atoms with van der Waals surface area (Å²) in [6.45, 7) is 2.20. The highest BCUT2D eigenvalue weighted by Crippen LogP contribution is 2.22. The molecule has 7 heteroatoms. The number of aromatic nitrogens is 2. The third kappa shape index (κ3) is 3.62. The van der Waals surface area contributed by atoms with Crippen molar-refractivity contribution in [3.63, 3.8) is 0 Å². The molecule has 2 rings (SSSR count). The minimum Gasteiger partial charge on any atom is -0.480 e. The highest BCUT2D eigenvalue weighted by atomic mass is 32.1. The molecule has 0 aromatic carbocycles. The molecule has 2 aromatic heterocycles. The summed E-state index contributed by atoms with van der Waals surface area (Å²) in [5.74, 6) is -0.000217. The van der Waals surface area contributed by atoms with Crippen molar-refractivity contribution in [2.24, 2.45) is 0 Å². The van der Waals surface area contributed by atoms with Crippen LogP contribution >= 0.6 is 11.3 Å². The summed E-state index contributed by atoms with van der Waals surface area (Å²) in [6, 6.07) is 3.22. The van der Waals surface area contributed by atoms with Crippen LogP contribution in [0.1, 0.15) is 25.7 Å². The molecule has 2 N–H and O–H groups in total. The van der Waals surface area contributed by atoms with Crippen LogP contribution in [0.15, 0.2) is 21.9 Å². The molecule has 0 bridgehead atoms. The van der Waals surface area contributed by atoms with E-state index in [1.165, 1.54) is 11.3 Å². The van der Waals surface area contributed by atoms with Crippen LogP contribution in [0.2, 0.25) is 0 Å². The van der Waals surface area contributed by atoms with Crippen LogP contribution in [0, 0.1) is 0 Å². The van der Waals surface area contributed by atoms with E-state index in [9.17, 15) is 4.79 Å². The van der Waals surface area contributed by atoms with Gasteiger partial charge in [0.2, 0.25) is 5.89 Å². The van der Waals surface area contributed by atoms with Gasteiger partial charge in [0.1, 0.15) is 6.04 Å². The molecule has 0 aliphatic heterocycles. The van der Waals surface area contributed by atoms with Gasteiger partial charge in [-0.25, -0.2) is 0 Å². The Morgan fingerprint density at radius 2 is 2.42 bits per heavy atom. The molecule has 0 fully saturated rings. The van der Waals surface area contributed by atoms with E-state index < -0.39 is 12.0 Å². The van der Waals surface area contributed by atoms with Gasteiger partial charge in [0.15, 0.2) is 0 Å². The van der Waals surface area contributed by atoms with Gasteiger partial charge in [0, 0.05) is 0 Å². The Balaban J connectivity index is 1.95. The number of aliphatic carboxylic acids is 1. The molecule has 0 saturated carbocycles. The molecule has 0 spiro atoms.